The molecule has 32 heavy (non-hydrogen) atoms. The zero-order chi connectivity index (χ0) is 23.1. The first-order valence-corrected chi connectivity index (χ1v) is 12.8. The number of carbonyl (C=O) groups is 1. The molecule has 0 spiro atoms. The Morgan fingerprint density at radius 2 is 1.75 bits per heavy atom. The van der Waals surface area contributed by atoms with E-state index >= 15 is 0 Å². The highest BCUT2D eigenvalue weighted by molar-refractivity contribution is 7.98. The first-order chi connectivity index (χ1) is 15.3. The third kappa shape index (κ3) is 5.97. The molecule has 0 bridgehead atoms. The van der Waals surface area contributed by atoms with Crippen LogP contribution in [-0.2, 0) is 14.8 Å². The van der Waals surface area contributed by atoms with Crippen molar-refractivity contribution >= 4 is 50.7 Å². The van der Waals surface area contributed by atoms with Gasteiger partial charge in [-0.1, -0.05) is 17.7 Å². The van der Waals surface area contributed by atoms with Crippen LogP contribution < -0.4 is 14.4 Å². The molecule has 6 nitrogen and oxygen atoms in total. The van der Waals surface area contributed by atoms with Gasteiger partial charge in [-0.05, 0) is 79.9 Å². The van der Waals surface area contributed by atoms with Crippen molar-refractivity contribution in [2.45, 2.75) is 16.7 Å². The van der Waals surface area contributed by atoms with Crippen LogP contribution in [0.2, 0.25) is 5.02 Å². The number of carbonyl (C=O) groups excluding carboxylic acids is 1. The van der Waals surface area contributed by atoms with Crippen molar-refractivity contribution in [3.63, 3.8) is 0 Å². The van der Waals surface area contributed by atoms with Crippen LogP contribution in [-0.4, -0.2) is 33.7 Å². The fourth-order valence-electron chi connectivity index (χ4n) is 2.96. The van der Waals surface area contributed by atoms with Crippen molar-refractivity contribution in [3.8, 4) is 5.75 Å². The van der Waals surface area contributed by atoms with E-state index in [0.717, 1.165) is 9.20 Å². The second-order valence-corrected chi connectivity index (χ2v) is 9.85. The maximum absolute atomic E-state index is 13.5. The van der Waals surface area contributed by atoms with Gasteiger partial charge in [0, 0.05) is 15.6 Å². The summed E-state index contributed by atoms with van der Waals surface area (Å²) in [4.78, 5) is 13.8. The normalized spacial score (nSPS) is 11.1. The predicted octanol–water partition coefficient (Wildman–Crippen LogP) is 5.29. The van der Waals surface area contributed by atoms with Gasteiger partial charge in [0.25, 0.3) is 10.0 Å². The lowest BCUT2D eigenvalue weighted by Gasteiger charge is -2.24. The highest BCUT2D eigenvalue weighted by Crippen LogP contribution is 2.27. The molecule has 0 radical (unpaired) electrons. The van der Waals surface area contributed by atoms with Crippen molar-refractivity contribution in [3.05, 3.63) is 77.8 Å². The van der Waals surface area contributed by atoms with Crippen molar-refractivity contribution in [2.75, 3.05) is 29.0 Å². The molecule has 0 atom stereocenters. The molecular formula is C23H23ClN2O4S2. The standard InChI is InChI=1S/C23H23ClN2O4S2/c1-3-30-20-9-7-19(8-10-20)26(16-23(27)25-18-6-4-5-17(24)15-18)32(28,29)22-13-11-21(31-2)12-14-22/h4-15H,3,16H2,1-2H3,(H,25,27). The third-order valence-corrected chi connectivity index (χ3v) is 7.25. The monoisotopic (exact) mass is 490 g/mol. The van der Waals surface area contributed by atoms with E-state index in [-0.39, 0.29) is 4.90 Å². The van der Waals surface area contributed by atoms with Crippen LogP contribution >= 0.6 is 23.4 Å². The van der Waals surface area contributed by atoms with E-state index in [1.165, 1.54) is 23.9 Å². The van der Waals surface area contributed by atoms with E-state index in [0.29, 0.717) is 28.8 Å². The maximum Gasteiger partial charge on any atom is 0.264 e. The fourth-order valence-corrected chi connectivity index (χ4v) is 4.98. The Kier molecular flexibility index (Phi) is 8.06. The molecule has 0 aliphatic carbocycles. The van der Waals surface area contributed by atoms with E-state index < -0.39 is 22.5 Å². The van der Waals surface area contributed by atoms with Gasteiger partial charge in [0.05, 0.1) is 17.2 Å². The van der Waals surface area contributed by atoms with Crippen LogP contribution in [0.25, 0.3) is 0 Å². The Balaban J connectivity index is 1.93. The number of benzene rings is 3. The summed E-state index contributed by atoms with van der Waals surface area (Å²) in [5, 5.41) is 3.16. The number of thioether (sulfide) groups is 1. The first kappa shape index (κ1) is 24.0. The molecule has 1 N–H and O–H groups in total. The highest BCUT2D eigenvalue weighted by Gasteiger charge is 2.27. The molecular weight excluding hydrogens is 468 g/mol. The number of anilines is 2. The molecule has 0 heterocycles. The number of amides is 1. The molecule has 0 fully saturated rings. The first-order valence-electron chi connectivity index (χ1n) is 9.78. The number of halogens is 1. The number of hydrogen-bond donors (Lipinski definition) is 1. The minimum Gasteiger partial charge on any atom is -0.494 e. The summed E-state index contributed by atoms with van der Waals surface area (Å²) in [5.41, 5.74) is 0.833. The van der Waals surface area contributed by atoms with Gasteiger partial charge in [-0.15, -0.1) is 11.8 Å². The molecule has 3 aromatic rings. The van der Waals surface area contributed by atoms with Crippen LogP contribution in [0.3, 0.4) is 0 Å². The van der Waals surface area contributed by atoms with E-state index in [9.17, 15) is 13.2 Å². The molecule has 3 aromatic carbocycles. The van der Waals surface area contributed by atoms with Crippen LogP contribution in [0.5, 0.6) is 5.75 Å². The van der Waals surface area contributed by atoms with E-state index in [4.69, 9.17) is 16.3 Å². The van der Waals surface area contributed by atoms with E-state index in [1.807, 2.05) is 13.2 Å². The molecule has 0 aliphatic heterocycles. The SMILES string of the molecule is CCOc1ccc(N(CC(=O)Nc2cccc(Cl)c2)S(=O)(=O)c2ccc(SC)cc2)cc1. The number of nitrogens with one attached hydrogen (secondary N) is 1. The number of sulfonamides is 1. The van der Waals surface area contributed by atoms with Gasteiger partial charge in [-0.3, -0.25) is 9.10 Å². The third-order valence-electron chi connectivity index (χ3n) is 4.48. The van der Waals surface area contributed by atoms with Crippen LogP contribution in [0.15, 0.2) is 82.6 Å². The van der Waals surface area contributed by atoms with Crippen molar-refractivity contribution in [1.29, 1.82) is 0 Å². The molecule has 0 aliphatic rings. The van der Waals surface area contributed by atoms with Gasteiger partial charge in [-0.25, -0.2) is 8.42 Å². The van der Waals surface area contributed by atoms with Crippen LogP contribution in [0.4, 0.5) is 11.4 Å². The van der Waals surface area contributed by atoms with Crippen LogP contribution in [0, 0.1) is 0 Å². The van der Waals surface area contributed by atoms with Gasteiger partial charge in [-0.2, -0.15) is 0 Å². The minimum atomic E-state index is -4.00. The molecule has 1 amide bonds. The van der Waals surface area contributed by atoms with Gasteiger partial charge in [0.2, 0.25) is 5.91 Å². The van der Waals surface area contributed by atoms with Gasteiger partial charge >= 0.3 is 0 Å². The summed E-state index contributed by atoms with van der Waals surface area (Å²) < 4.78 is 33.5. The molecule has 0 unspecified atom stereocenters. The molecule has 0 saturated carbocycles. The largest absolute Gasteiger partial charge is 0.494 e. The van der Waals surface area contributed by atoms with Crippen molar-refractivity contribution < 1.29 is 17.9 Å². The zero-order valence-electron chi connectivity index (χ0n) is 17.6. The quantitative estimate of drug-likeness (QED) is 0.412. The lowest BCUT2D eigenvalue weighted by Crippen LogP contribution is -2.38. The zero-order valence-corrected chi connectivity index (χ0v) is 20.0. The average molecular weight is 491 g/mol. The topological polar surface area (TPSA) is 75.7 Å². The summed E-state index contributed by atoms with van der Waals surface area (Å²) in [6.45, 7) is 1.95. The number of nitrogens with zero attached hydrogens (tertiary/aromatic N) is 1. The molecule has 168 valence electrons. The summed E-state index contributed by atoms with van der Waals surface area (Å²) in [5.74, 6) is 0.117. The minimum absolute atomic E-state index is 0.0970. The van der Waals surface area contributed by atoms with Crippen LogP contribution in [0.1, 0.15) is 6.92 Å². The Morgan fingerprint density at radius 3 is 2.34 bits per heavy atom. The second kappa shape index (κ2) is 10.8. The number of rotatable bonds is 9. The summed E-state index contributed by atoms with van der Waals surface area (Å²) in [6.07, 6.45) is 1.91. The van der Waals surface area contributed by atoms with E-state index in [1.54, 1.807) is 60.7 Å². The van der Waals surface area contributed by atoms with Gasteiger partial charge in [0.1, 0.15) is 12.3 Å². The average Bonchev–Trinajstić information content (AvgIpc) is 2.78. The lowest BCUT2D eigenvalue weighted by molar-refractivity contribution is -0.114. The lowest BCUT2D eigenvalue weighted by atomic mass is 10.3. The smallest absolute Gasteiger partial charge is 0.264 e. The van der Waals surface area contributed by atoms with Crippen molar-refractivity contribution in [2.24, 2.45) is 0 Å². The molecule has 3 rings (SSSR count). The maximum atomic E-state index is 13.5. The van der Waals surface area contributed by atoms with Crippen molar-refractivity contribution in [1.82, 2.24) is 0 Å². The fraction of sp³-hybridized carbons (Fsp3) is 0.174. The summed E-state index contributed by atoms with van der Waals surface area (Å²) >= 11 is 7.49. The molecule has 0 aromatic heterocycles. The molecule has 9 heteroatoms. The second-order valence-electron chi connectivity index (χ2n) is 6.67. The predicted molar refractivity (Wildman–Crippen MR) is 130 cm³/mol. The Labute approximate surface area is 197 Å². The van der Waals surface area contributed by atoms with Gasteiger partial charge < -0.3 is 10.1 Å². The highest BCUT2D eigenvalue weighted by atomic mass is 35.5. The Bertz CT molecular complexity index is 1170. The van der Waals surface area contributed by atoms with Gasteiger partial charge in [0.15, 0.2) is 0 Å². The summed E-state index contributed by atoms with van der Waals surface area (Å²) in [7, 11) is -4.00. The molecule has 0 saturated heterocycles. The number of hydrogen-bond acceptors (Lipinski definition) is 5. The van der Waals surface area contributed by atoms with E-state index in [2.05, 4.69) is 5.32 Å². The summed E-state index contributed by atoms with van der Waals surface area (Å²) in [6, 6.07) is 19.8. The Morgan fingerprint density at radius 1 is 1.06 bits per heavy atom. The Hall–Kier alpha value is -2.68. The number of ether oxygens (including phenoxy) is 1.